The third-order valence-corrected chi connectivity index (χ3v) is 2.54. The van der Waals surface area contributed by atoms with E-state index in [1.54, 1.807) is 0 Å². The summed E-state index contributed by atoms with van der Waals surface area (Å²) in [6.07, 6.45) is 1.23. The van der Waals surface area contributed by atoms with Gasteiger partial charge >= 0.3 is 18.9 Å². The van der Waals surface area contributed by atoms with Crippen LogP contribution in [0.25, 0.3) is 0 Å². The molecule has 0 bridgehead atoms. The summed E-state index contributed by atoms with van der Waals surface area (Å²) in [5.74, 6) is 0. The van der Waals surface area contributed by atoms with E-state index < -0.39 is 9.04 Å². The number of rotatable bonds is 3. The minimum absolute atomic E-state index is 0. The molecule has 0 aliphatic carbocycles. The Hall–Kier alpha value is 0.774. The van der Waals surface area contributed by atoms with Crippen molar-refractivity contribution in [2.24, 2.45) is 5.41 Å². The van der Waals surface area contributed by atoms with E-state index in [2.05, 4.69) is 40.8 Å². The Morgan fingerprint density at radius 1 is 1.33 bits per heavy atom. The van der Waals surface area contributed by atoms with Crippen LogP contribution in [0.1, 0.15) is 27.2 Å². The normalized spacial score (nSPS) is 14.2. The molecule has 0 aromatic rings. The summed E-state index contributed by atoms with van der Waals surface area (Å²) < 4.78 is 5.84. The number of hydrogen-bond acceptors (Lipinski definition) is 1. The van der Waals surface area contributed by atoms with Crippen molar-refractivity contribution >= 4 is 9.04 Å². The van der Waals surface area contributed by atoms with Crippen molar-refractivity contribution in [2.45, 2.75) is 46.4 Å². The zero-order valence-corrected chi connectivity index (χ0v) is 10.6. The van der Waals surface area contributed by atoms with E-state index in [0.717, 1.165) is 6.42 Å². The fraction of sp³-hybridized carbons (Fsp3) is 0.889. The van der Waals surface area contributed by atoms with Crippen LogP contribution in [0.5, 0.6) is 0 Å². The van der Waals surface area contributed by atoms with E-state index in [4.69, 9.17) is 4.43 Å². The minimum atomic E-state index is -0.886. The molecule has 0 aliphatic rings. The van der Waals surface area contributed by atoms with Gasteiger partial charge in [-0.25, -0.2) is 0 Å². The van der Waals surface area contributed by atoms with Gasteiger partial charge in [0, 0.05) is 6.10 Å². The van der Waals surface area contributed by atoms with Crippen LogP contribution < -0.4 is 18.9 Å². The zero-order chi connectivity index (χ0) is 9.07. The van der Waals surface area contributed by atoms with Gasteiger partial charge in [-0.05, 0) is 18.5 Å². The van der Waals surface area contributed by atoms with E-state index in [1.807, 2.05) is 0 Å². The average Bonchev–Trinajstić information content (AvgIpc) is 1.79. The smallest absolute Gasteiger partial charge is 0.420 e. The van der Waals surface area contributed by atoms with Crippen molar-refractivity contribution in [1.82, 2.24) is 0 Å². The van der Waals surface area contributed by atoms with Crippen molar-refractivity contribution in [2.75, 3.05) is 0 Å². The average molecular weight is 180 g/mol. The zero-order valence-electron chi connectivity index (χ0n) is 9.48. The summed E-state index contributed by atoms with van der Waals surface area (Å²) in [7, 11) is -0.886. The molecule has 0 N–H and O–H groups in total. The van der Waals surface area contributed by atoms with Crippen molar-refractivity contribution in [3.8, 4) is 0 Å². The van der Waals surface area contributed by atoms with Crippen molar-refractivity contribution in [3.05, 3.63) is 6.92 Å². The van der Waals surface area contributed by atoms with Gasteiger partial charge in [-0.3, -0.25) is 0 Å². The second-order valence-corrected chi connectivity index (χ2v) is 6.70. The van der Waals surface area contributed by atoms with Crippen LogP contribution in [-0.4, -0.2) is 15.1 Å². The third kappa shape index (κ3) is 6.31. The summed E-state index contributed by atoms with van der Waals surface area (Å²) in [5.41, 5.74) is 0.249. The molecule has 0 radical (unpaired) electrons. The Balaban J connectivity index is 0. The predicted molar refractivity (Wildman–Crippen MR) is 53.2 cm³/mol. The predicted octanol–water partition coefficient (Wildman–Crippen LogP) is -0.371. The molecule has 12 heavy (non-hydrogen) atoms. The van der Waals surface area contributed by atoms with Crippen LogP contribution in [0.4, 0.5) is 0 Å². The fourth-order valence-corrected chi connectivity index (χ4v) is 2.24. The molecular formula is C9H21LiOSi. The van der Waals surface area contributed by atoms with Gasteiger partial charge in [-0.1, -0.05) is 20.8 Å². The Labute approximate surface area is 91.2 Å². The molecule has 0 amide bonds. The molecule has 0 aliphatic heterocycles. The van der Waals surface area contributed by atoms with Crippen molar-refractivity contribution < 1.29 is 23.3 Å². The van der Waals surface area contributed by atoms with Crippen LogP contribution in [0.2, 0.25) is 13.1 Å². The van der Waals surface area contributed by atoms with Gasteiger partial charge in [-0.2, -0.15) is 6.42 Å². The first-order valence-electron chi connectivity index (χ1n) is 4.32. The maximum absolute atomic E-state index is 5.84. The van der Waals surface area contributed by atoms with E-state index in [1.165, 1.54) is 0 Å². The summed E-state index contributed by atoms with van der Waals surface area (Å²) in [4.78, 5) is 0. The van der Waals surface area contributed by atoms with Gasteiger partial charge < -0.3 is 11.3 Å². The Morgan fingerprint density at radius 2 is 1.75 bits per heavy atom. The largest absolute Gasteiger partial charge is 1.00 e. The Bertz CT molecular complexity index is 110. The van der Waals surface area contributed by atoms with Crippen molar-refractivity contribution in [3.63, 3.8) is 0 Å². The summed E-state index contributed by atoms with van der Waals surface area (Å²) in [6.45, 7) is 14.9. The first-order valence-corrected chi connectivity index (χ1v) is 7.10. The molecule has 0 fully saturated rings. The molecule has 0 saturated heterocycles. The number of hydrogen-bond donors (Lipinski definition) is 0. The van der Waals surface area contributed by atoms with Gasteiger partial charge in [0.15, 0.2) is 9.04 Å². The van der Waals surface area contributed by atoms with Gasteiger partial charge in [0.2, 0.25) is 0 Å². The Kier molecular flexibility index (Phi) is 7.96. The van der Waals surface area contributed by atoms with E-state index in [-0.39, 0.29) is 24.3 Å². The molecule has 1 atom stereocenters. The minimum Gasteiger partial charge on any atom is -0.420 e. The Morgan fingerprint density at radius 3 is 1.83 bits per heavy atom. The van der Waals surface area contributed by atoms with E-state index in [9.17, 15) is 0 Å². The molecule has 1 unspecified atom stereocenters. The molecule has 0 rings (SSSR count). The first kappa shape index (κ1) is 15.3. The molecule has 0 aromatic heterocycles. The quantitative estimate of drug-likeness (QED) is 0.425. The van der Waals surface area contributed by atoms with Crippen LogP contribution in [-0.2, 0) is 4.43 Å². The summed E-state index contributed by atoms with van der Waals surface area (Å²) in [5, 5.41) is 0. The van der Waals surface area contributed by atoms with Crippen LogP contribution in [0.15, 0.2) is 0 Å². The fourth-order valence-electron chi connectivity index (χ4n) is 1.03. The molecule has 3 heteroatoms. The topological polar surface area (TPSA) is 9.23 Å². The van der Waals surface area contributed by atoms with Gasteiger partial charge in [0.1, 0.15) is 0 Å². The summed E-state index contributed by atoms with van der Waals surface area (Å²) >= 11 is 0. The molecule has 1 nitrogen and oxygen atoms in total. The van der Waals surface area contributed by atoms with E-state index >= 15 is 0 Å². The molecule has 0 aromatic carbocycles. The maximum Gasteiger partial charge on any atom is 1.00 e. The van der Waals surface area contributed by atoms with Crippen LogP contribution in [0.3, 0.4) is 0 Å². The second-order valence-electron chi connectivity index (χ2n) is 4.33. The van der Waals surface area contributed by atoms with E-state index in [0.29, 0.717) is 6.10 Å². The monoisotopic (exact) mass is 180 g/mol. The molecular weight excluding hydrogens is 159 g/mol. The maximum atomic E-state index is 5.84. The van der Waals surface area contributed by atoms with Gasteiger partial charge in [0.05, 0.1) is 0 Å². The summed E-state index contributed by atoms with van der Waals surface area (Å²) in [6, 6.07) is 0. The van der Waals surface area contributed by atoms with Crippen molar-refractivity contribution in [1.29, 1.82) is 0 Å². The third-order valence-electron chi connectivity index (χ3n) is 1.66. The standard InChI is InChI=1S/C9H21OSi.Li/c1-7-8(9(2,3)4)10-11(5)6;/h8,11H,1,7H2,2-6H3;/q-1;+1. The molecule has 0 heterocycles. The first-order chi connectivity index (χ1) is 4.88. The van der Waals surface area contributed by atoms with Crippen LogP contribution >= 0.6 is 0 Å². The van der Waals surface area contributed by atoms with Gasteiger partial charge in [-0.15, -0.1) is 0 Å². The van der Waals surface area contributed by atoms with Gasteiger partial charge in [0.25, 0.3) is 0 Å². The SMILES string of the molecule is [CH2-]CC(O[SiH](C)C)C(C)(C)C.[Li+]. The molecule has 68 valence electrons. The molecule has 0 spiro atoms. The molecule has 0 saturated carbocycles. The van der Waals surface area contributed by atoms with Crippen LogP contribution in [0, 0.1) is 12.3 Å². The second kappa shape index (κ2) is 6.26.